The van der Waals surface area contributed by atoms with E-state index in [0.717, 1.165) is 5.56 Å². The number of halogens is 1. The first-order valence-corrected chi connectivity index (χ1v) is 14.5. The van der Waals surface area contributed by atoms with E-state index in [1.165, 1.54) is 35.1 Å². The Balaban J connectivity index is 1.54. The summed E-state index contributed by atoms with van der Waals surface area (Å²) in [6.07, 6.45) is 1.68. The predicted octanol–water partition coefficient (Wildman–Crippen LogP) is 4.74. The molecule has 0 aliphatic carbocycles. The molecule has 0 bridgehead atoms. The fourth-order valence-corrected chi connectivity index (χ4v) is 6.13. The van der Waals surface area contributed by atoms with Gasteiger partial charge in [0.2, 0.25) is 0 Å². The molecule has 4 aromatic rings. The highest BCUT2D eigenvalue weighted by molar-refractivity contribution is 7.07. The van der Waals surface area contributed by atoms with Gasteiger partial charge >= 0.3 is 11.9 Å². The second kappa shape index (κ2) is 12.7. The maximum atomic E-state index is 13.9. The van der Waals surface area contributed by atoms with Gasteiger partial charge in [-0.2, -0.15) is 0 Å². The van der Waals surface area contributed by atoms with Crippen LogP contribution >= 0.6 is 22.9 Å². The molecule has 1 N–H and O–H groups in total. The van der Waals surface area contributed by atoms with E-state index < -0.39 is 18.0 Å². The van der Waals surface area contributed by atoms with Gasteiger partial charge in [0.05, 0.1) is 46.1 Å². The van der Waals surface area contributed by atoms with Crippen LogP contribution in [0.25, 0.3) is 6.08 Å². The van der Waals surface area contributed by atoms with Crippen molar-refractivity contribution in [2.45, 2.75) is 26.5 Å². The lowest BCUT2D eigenvalue weighted by atomic mass is 9.96. The minimum atomic E-state index is -1.03. The number of allylic oxidation sites excluding steroid dienone is 1. The highest BCUT2D eigenvalue weighted by Crippen LogP contribution is 2.37. The van der Waals surface area contributed by atoms with Crippen LogP contribution in [0.4, 0.5) is 0 Å². The second-order valence-corrected chi connectivity index (χ2v) is 11.0. The van der Waals surface area contributed by atoms with Gasteiger partial charge in [0.25, 0.3) is 5.56 Å². The van der Waals surface area contributed by atoms with Crippen LogP contribution in [0.3, 0.4) is 0 Å². The molecule has 43 heavy (non-hydrogen) atoms. The molecule has 1 atom stereocenters. The quantitative estimate of drug-likeness (QED) is 0.269. The largest absolute Gasteiger partial charge is 0.493 e. The molecule has 0 amide bonds. The standard InChI is InChI=1S/C32H27ClN2O7S/c1-4-41-31(39)26-18(2)34-32-35(27(26)21-10-6-5-7-11-21)29(36)25(43-32)16-20-14-23(33)28(24(15-20)40-3)42-17-19-9-8-12-22(13-19)30(37)38/h5-16,27H,4,17H2,1-3H3,(H,37,38)/b25-16+/t27-/m0/s1. The normalized spacial score (nSPS) is 14.6. The van der Waals surface area contributed by atoms with Crippen LogP contribution in [0.2, 0.25) is 5.02 Å². The zero-order valence-corrected chi connectivity index (χ0v) is 25.1. The van der Waals surface area contributed by atoms with Crippen molar-refractivity contribution in [1.29, 1.82) is 0 Å². The number of hydrogen-bond acceptors (Lipinski definition) is 8. The molecule has 9 nitrogen and oxygen atoms in total. The number of carbonyl (C=O) groups excluding carboxylic acids is 1. The lowest BCUT2D eigenvalue weighted by Gasteiger charge is -2.24. The number of rotatable bonds is 9. The van der Waals surface area contributed by atoms with E-state index in [4.69, 9.17) is 25.8 Å². The van der Waals surface area contributed by atoms with E-state index in [1.54, 1.807) is 44.2 Å². The molecule has 5 rings (SSSR count). The van der Waals surface area contributed by atoms with Gasteiger partial charge in [-0.1, -0.05) is 65.4 Å². The van der Waals surface area contributed by atoms with E-state index in [1.807, 2.05) is 30.3 Å². The van der Waals surface area contributed by atoms with Crippen LogP contribution in [-0.2, 0) is 16.1 Å². The maximum Gasteiger partial charge on any atom is 0.338 e. The first-order valence-electron chi connectivity index (χ1n) is 13.3. The number of aromatic carboxylic acids is 1. The van der Waals surface area contributed by atoms with Crippen LogP contribution in [0.1, 0.15) is 46.9 Å². The first-order chi connectivity index (χ1) is 20.7. The molecular weight excluding hydrogens is 592 g/mol. The van der Waals surface area contributed by atoms with Crippen molar-refractivity contribution in [3.05, 3.63) is 125 Å². The monoisotopic (exact) mass is 618 g/mol. The zero-order valence-electron chi connectivity index (χ0n) is 23.5. The Morgan fingerprint density at radius 2 is 1.88 bits per heavy atom. The van der Waals surface area contributed by atoms with Crippen LogP contribution in [0.15, 0.2) is 87.8 Å². The van der Waals surface area contributed by atoms with Crippen molar-refractivity contribution in [3.63, 3.8) is 0 Å². The minimum absolute atomic E-state index is 0.0663. The van der Waals surface area contributed by atoms with Crippen molar-refractivity contribution in [2.75, 3.05) is 13.7 Å². The van der Waals surface area contributed by atoms with Gasteiger partial charge in [-0.15, -0.1) is 0 Å². The van der Waals surface area contributed by atoms with E-state index in [9.17, 15) is 19.5 Å². The Morgan fingerprint density at radius 1 is 1.12 bits per heavy atom. The van der Waals surface area contributed by atoms with Gasteiger partial charge in [0.1, 0.15) is 6.61 Å². The van der Waals surface area contributed by atoms with Gasteiger partial charge in [0.15, 0.2) is 16.3 Å². The smallest absolute Gasteiger partial charge is 0.338 e. The van der Waals surface area contributed by atoms with E-state index in [2.05, 4.69) is 4.99 Å². The molecule has 0 spiro atoms. The molecule has 0 saturated heterocycles. The Morgan fingerprint density at radius 3 is 2.58 bits per heavy atom. The molecule has 2 heterocycles. The van der Waals surface area contributed by atoms with Gasteiger partial charge in [-0.3, -0.25) is 9.36 Å². The minimum Gasteiger partial charge on any atom is -0.493 e. The Bertz CT molecular complexity index is 1930. The topological polar surface area (TPSA) is 116 Å². The number of fused-ring (bicyclic) bond motifs is 1. The van der Waals surface area contributed by atoms with Crippen LogP contribution in [-0.4, -0.2) is 35.3 Å². The van der Waals surface area contributed by atoms with Gasteiger partial charge < -0.3 is 19.3 Å². The summed E-state index contributed by atoms with van der Waals surface area (Å²) in [7, 11) is 1.47. The van der Waals surface area contributed by atoms with E-state index in [0.29, 0.717) is 37.5 Å². The maximum absolute atomic E-state index is 13.9. The summed E-state index contributed by atoms with van der Waals surface area (Å²) in [6.45, 7) is 3.73. The Kier molecular flexibility index (Phi) is 8.79. The molecular formula is C32H27ClN2O7S. The molecule has 0 unspecified atom stereocenters. The lowest BCUT2D eigenvalue weighted by Crippen LogP contribution is -2.39. The van der Waals surface area contributed by atoms with E-state index in [-0.39, 0.29) is 35.1 Å². The third-order valence-electron chi connectivity index (χ3n) is 6.74. The SMILES string of the molecule is CCOC(=O)C1=C(C)N=c2s/c(=C/c3cc(Cl)c(OCc4cccc(C(=O)O)c4)c(OC)c3)c(=O)n2[C@H]1c1ccccc1. The summed E-state index contributed by atoms with van der Waals surface area (Å²) in [4.78, 5) is 43.2. The Hall–Kier alpha value is -4.67. The van der Waals surface area contributed by atoms with Crippen LogP contribution in [0, 0.1) is 0 Å². The molecule has 0 fully saturated rings. The number of esters is 1. The molecule has 1 aromatic heterocycles. The average molecular weight is 619 g/mol. The molecule has 0 radical (unpaired) electrons. The zero-order chi connectivity index (χ0) is 30.7. The summed E-state index contributed by atoms with van der Waals surface area (Å²) >= 11 is 7.80. The van der Waals surface area contributed by atoms with Crippen LogP contribution in [0.5, 0.6) is 11.5 Å². The third kappa shape index (κ3) is 6.11. The van der Waals surface area contributed by atoms with Crippen LogP contribution < -0.4 is 24.4 Å². The molecule has 3 aromatic carbocycles. The van der Waals surface area contributed by atoms with Gasteiger partial charge in [0, 0.05) is 0 Å². The molecule has 220 valence electrons. The van der Waals surface area contributed by atoms with Crippen molar-refractivity contribution in [1.82, 2.24) is 4.57 Å². The fourth-order valence-electron chi connectivity index (χ4n) is 4.81. The molecule has 1 aliphatic rings. The van der Waals surface area contributed by atoms with Gasteiger partial charge in [-0.25, -0.2) is 14.6 Å². The highest BCUT2D eigenvalue weighted by atomic mass is 35.5. The number of carboxylic acid groups (broad SMARTS) is 1. The molecule has 0 saturated carbocycles. The van der Waals surface area contributed by atoms with Crippen molar-refractivity contribution in [2.24, 2.45) is 4.99 Å². The number of carboxylic acids is 1. The van der Waals surface area contributed by atoms with Crippen molar-refractivity contribution >= 4 is 41.0 Å². The molecule has 1 aliphatic heterocycles. The second-order valence-electron chi connectivity index (χ2n) is 9.54. The number of ether oxygens (including phenoxy) is 3. The number of benzene rings is 3. The lowest BCUT2D eigenvalue weighted by molar-refractivity contribution is -0.139. The third-order valence-corrected chi connectivity index (χ3v) is 8.00. The number of hydrogen-bond donors (Lipinski definition) is 1. The average Bonchev–Trinajstić information content (AvgIpc) is 3.29. The summed E-state index contributed by atoms with van der Waals surface area (Å²) in [5, 5.41) is 9.50. The number of methoxy groups -OCH3 is 1. The number of carbonyl (C=O) groups is 2. The van der Waals surface area contributed by atoms with E-state index >= 15 is 0 Å². The number of thiazole rings is 1. The summed E-state index contributed by atoms with van der Waals surface area (Å²) in [5.41, 5.74) is 2.62. The fraction of sp³-hybridized carbons (Fsp3) is 0.188. The summed E-state index contributed by atoms with van der Waals surface area (Å²) in [5.74, 6) is -0.936. The molecule has 11 heteroatoms. The predicted molar refractivity (Wildman–Crippen MR) is 163 cm³/mol. The van der Waals surface area contributed by atoms with Gasteiger partial charge in [-0.05, 0) is 60.9 Å². The summed E-state index contributed by atoms with van der Waals surface area (Å²) < 4.78 is 18.7. The number of aromatic nitrogens is 1. The highest BCUT2D eigenvalue weighted by Gasteiger charge is 2.33. The first kappa shape index (κ1) is 29.8. The Labute approximate surface area is 255 Å². The van der Waals surface area contributed by atoms with Crippen molar-refractivity contribution < 1.29 is 28.9 Å². The summed E-state index contributed by atoms with van der Waals surface area (Å²) in [6, 6.07) is 18.3. The van der Waals surface area contributed by atoms with Crippen molar-refractivity contribution in [3.8, 4) is 11.5 Å². The number of nitrogens with zero attached hydrogens (tertiary/aromatic N) is 2.